The summed E-state index contributed by atoms with van der Waals surface area (Å²) in [4.78, 5) is 0. The minimum absolute atomic E-state index is 0.133. The molecule has 0 heterocycles. The quantitative estimate of drug-likeness (QED) is 0.553. The van der Waals surface area contributed by atoms with E-state index in [9.17, 15) is 10.2 Å². The normalized spacial score (nSPS) is 10.9. The Balaban J connectivity index is 2.62. The summed E-state index contributed by atoms with van der Waals surface area (Å²) in [6.45, 7) is 0. The zero-order valence-corrected chi connectivity index (χ0v) is 11.2. The van der Waals surface area contributed by atoms with Gasteiger partial charge in [-0.2, -0.15) is 0 Å². The van der Waals surface area contributed by atoms with Crippen molar-refractivity contribution >= 4 is 21.5 Å². The van der Waals surface area contributed by atoms with Crippen LogP contribution in [0.1, 0.15) is 0 Å². The Morgan fingerprint density at radius 2 is 1.45 bits per heavy atom. The highest BCUT2D eigenvalue weighted by atomic mass is 16.5. The van der Waals surface area contributed by atoms with Crippen molar-refractivity contribution in [2.45, 2.75) is 0 Å². The first-order valence-electron chi connectivity index (χ1n) is 6.16. The van der Waals surface area contributed by atoms with Gasteiger partial charge in [0.05, 0.1) is 14.2 Å². The van der Waals surface area contributed by atoms with Gasteiger partial charge in [0.1, 0.15) is 0 Å². The molecule has 0 fully saturated rings. The molecule has 0 aliphatic carbocycles. The number of benzene rings is 3. The lowest BCUT2D eigenvalue weighted by molar-refractivity contribution is 0.325. The Hall–Kier alpha value is -2.62. The number of hydrogen-bond acceptors (Lipinski definition) is 4. The van der Waals surface area contributed by atoms with Crippen LogP contribution in [-0.4, -0.2) is 24.4 Å². The highest BCUT2D eigenvalue weighted by Gasteiger charge is 2.21. The van der Waals surface area contributed by atoms with Gasteiger partial charge in [-0.15, -0.1) is 0 Å². The summed E-state index contributed by atoms with van der Waals surface area (Å²) >= 11 is 0. The Morgan fingerprint density at radius 3 is 2.15 bits per heavy atom. The number of phenols is 2. The minimum atomic E-state index is -0.313. The Morgan fingerprint density at radius 1 is 0.750 bits per heavy atom. The maximum atomic E-state index is 10.2. The summed E-state index contributed by atoms with van der Waals surface area (Å²) in [5.74, 6) is 0.0268. The van der Waals surface area contributed by atoms with Crippen molar-refractivity contribution in [1.29, 1.82) is 0 Å². The van der Waals surface area contributed by atoms with Gasteiger partial charge in [-0.25, -0.2) is 0 Å². The first kappa shape index (κ1) is 12.4. The van der Waals surface area contributed by atoms with Gasteiger partial charge in [-0.3, -0.25) is 0 Å². The van der Waals surface area contributed by atoms with Crippen molar-refractivity contribution in [1.82, 2.24) is 0 Å². The topological polar surface area (TPSA) is 58.9 Å². The van der Waals surface area contributed by atoms with Crippen LogP contribution in [0, 0.1) is 0 Å². The molecule has 0 spiro atoms. The molecule has 4 nitrogen and oxygen atoms in total. The maximum absolute atomic E-state index is 10.2. The van der Waals surface area contributed by atoms with Gasteiger partial charge >= 0.3 is 0 Å². The second kappa shape index (κ2) is 4.49. The zero-order valence-electron chi connectivity index (χ0n) is 11.2. The summed E-state index contributed by atoms with van der Waals surface area (Å²) in [6, 6.07) is 11.4. The van der Waals surface area contributed by atoms with Gasteiger partial charge in [0.2, 0.25) is 11.5 Å². The van der Waals surface area contributed by atoms with Crippen LogP contribution in [0.5, 0.6) is 23.0 Å². The number of methoxy groups -OCH3 is 2. The largest absolute Gasteiger partial charge is 0.504 e. The number of rotatable bonds is 2. The highest BCUT2D eigenvalue weighted by Crippen LogP contribution is 2.51. The van der Waals surface area contributed by atoms with E-state index in [0.717, 1.165) is 16.2 Å². The number of ether oxygens (including phenoxy) is 2. The van der Waals surface area contributed by atoms with E-state index in [4.69, 9.17) is 9.47 Å². The first-order valence-corrected chi connectivity index (χ1v) is 6.16. The highest BCUT2D eigenvalue weighted by molar-refractivity contribution is 6.14. The van der Waals surface area contributed by atoms with E-state index in [-0.39, 0.29) is 17.2 Å². The fourth-order valence-corrected chi connectivity index (χ4v) is 2.55. The van der Waals surface area contributed by atoms with E-state index in [2.05, 4.69) is 0 Å². The number of fused-ring (bicyclic) bond motifs is 3. The predicted molar refractivity (Wildman–Crippen MR) is 77.9 cm³/mol. The third kappa shape index (κ3) is 1.54. The number of phenolic OH excluding ortho intramolecular Hbond substituents is 2. The predicted octanol–water partition coefficient (Wildman–Crippen LogP) is 3.42. The van der Waals surface area contributed by atoms with Gasteiger partial charge in [-0.05, 0) is 16.8 Å². The second-order valence-corrected chi connectivity index (χ2v) is 4.47. The van der Waals surface area contributed by atoms with Crippen LogP contribution in [0.15, 0.2) is 36.4 Å². The van der Waals surface area contributed by atoms with Gasteiger partial charge in [0.25, 0.3) is 0 Å². The summed E-state index contributed by atoms with van der Waals surface area (Å²) in [5, 5.41) is 23.4. The van der Waals surface area contributed by atoms with Gasteiger partial charge in [0.15, 0.2) is 11.5 Å². The monoisotopic (exact) mass is 270 g/mol. The van der Waals surface area contributed by atoms with Crippen molar-refractivity contribution in [3.05, 3.63) is 36.4 Å². The van der Waals surface area contributed by atoms with E-state index in [1.54, 1.807) is 6.07 Å². The van der Waals surface area contributed by atoms with Crippen LogP contribution in [0.25, 0.3) is 21.5 Å². The molecule has 0 aliphatic rings. The molecule has 3 aromatic rings. The van der Waals surface area contributed by atoms with Crippen LogP contribution in [0.2, 0.25) is 0 Å². The molecule has 2 N–H and O–H groups in total. The molecule has 0 atom stereocenters. The lowest BCUT2D eigenvalue weighted by Crippen LogP contribution is -1.93. The Kier molecular flexibility index (Phi) is 2.79. The maximum Gasteiger partial charge on any atom is 0.207 e. The van der Waals surface area contributed by atoms with Gasteiger partial charge < -0.3 is 19.7 Å². The number of aromatic hydroxyl groups is 2. The van der Waals surface area contributed by atoms with Crippen molar-refractivity contribution in [3.8, 4) is 23.0 Å². The lowest BCUT2D eigenvalue weighted by Gasteiger charge is -2.15. The van der Waals surface area contributed by atoms with Crippen molar-refractivity contribution < 1.29 is 19.7 Å². The molecule has 0 aliphatic heterocycles. The second-order valence-electron chi connectivity index (χ2n) is 4.47. The average molecular weight is 270 g/mol. The molecular formula is C16H14O4. The van der Waals surface area contributed by atoms with Crippen LogP contribution in [0.4, 0.5) is 0 Å². The van der Waals surface area contributed by atoms with E-state index in [0.29, 0.717) is 11.1 Å². The van der Waals surface area contributed by atoms with E-state index in [1.165, 1.54) is 14.2 Å². The molecule has 102 valence electrons. The van der Waals surface area contributed by atoms with Crippen LogP contribution in [-0.2, 0) is 0 Å². The molecule has 0 saturated carbocycles. The van der Waals surface area contributed by atoms with Crippen molar-refractivity contribution in [3.63, 3.8) is 0 Å². The number of hydrogen-bond donors (Lipinski definition) is 2. The summed E-state index contributed by atoms with van der Waals surface area (Å²) in [6.07, 6.45) is 0. The molecule has 4 heteroatoms. The average Bonchev–Trinajstić information content (AvgIpc) is 2.49. The zero-order chi connectivity index (χ0) is 14.3. The molecule has 0 radical (unpaired) electrons. The molecule has 0 amide bonds. The third-order valence-electron chi connectivity index (χ3n) is 3.47. The summed E-state index contributed by atoms with van der Waals surface area (Å²) < 4.78 is 10.6. The minimum Gasteiger partial charge on any atom is -0.504 e. The Labute approximate surface area is 115 Å². The van der Waals surface area contributed by atoms with Crippen LogP contribution >= 0.6 is 0 Å². The molecule has 3 rings (SSSR count). The molecular weight excluding hydrogens is 256 g/mol. The lowest BCUT2D eigenvalue weighted by atomic mass is 9.99. The Bertz CT molecular complexity index is 809. The fraction of sp³-hybridized carbons (Fsp3) is 0.125. The summed E-state index contributed by atoms with van der Waals surface area (Å²) in [5.41, 5.74) is 0. The SMILES string of the molecule is COc1c(O)c(O)c2ccc3ccccc3c2c1OC. The molecule has 3 aromatic carbocycles. The third-order valence-corrected chi connectivity index (χ3v) is 3.47. The van der Waals surface area contributed by atoms with Gasteiger partial charge in [0, 0.05) is 10.8 Å². The first-order chi connectivity index (χ1) is 9.69. The molecule has 0 unspecified atom stereocenters. The fourth-order valence-electron chi connectivity index (χ4n) is 2.55. The van der Waals surface area contributed by atoms with E-state index < -0.39 is 0 Å². The van der Waals surface area contributed by atoms with Crippen molar-refractivity contribution in [2.75, 3.05) is 14.2 Å². The molecule has 0 saturated heterocycles. The summed E-state index contributed by atoms with van der Waals surface area (Å²) in [7, 11) is 2.93. The standard InChI is InChI=1S/C16H14O4/c1-19-15-12-10-6-4-3-5-9(10)7-8-11(12)13(17)14(18)16(15)20-2/h3-8,17-18H,1-2H3. The van der Waals surface area contributed by atoms with Crippen LogP contribution < -0.4 is 9.47 Å². The molecule has 0 aromatic heterocycles. The van der Waals surface area contributed by atoms with E-state index in [1.807, 2.05) is 30.3 Å². The van der Waals surface area contributed by atoms with E-state index >= 15 is 0 Å². The smallest absolute Gasteiger partial charge is 0.207 e. The molecule has 0 bridgehead atoms. The molecule has 20 heavy (non-hydrogen) atoms. The van der Waals surface area contributed by atoms with Crippen molar-refractivity contribution in [2.24, 2.45) is 0 Å². The van der Waals surface area contributed by atoms with Gasteiger partial charge in [-0.1, -0.05) is 30.3 Å². The van der Waals surface area contributed by atoms with Crippen LogP contribution in [0.3, 0.4) is 0 Å².